The first-order valence-electron chi connectivity index (χ1n) is 12.1. The van der Waals surface area contributed by atoms with Crippen LogP contribution in [0.2, 0.25) is 0 Å². The lowest BCUT2D eigenvalue weighted by atomic mass is 10.1. The van der Waals surface area contributed by atoms with Gasteiger partial charge < -0.3 is 10.2 Å². The minimum atomic E-state index is -0.115. The van der Waals surface area contributed by atoms with E-state index in [2.05, 4.69) is 29.2 Å². The predicted molar refractivity (Wildman–Crippen MR) is 135 cm³/mol. The smallest absolute Gasteiger partial charge is 0.256 e. The van der Waals surface area contributed by atoms with Gasteiger partial charge in [-0.15, -0.1) is 0 Å². The number of likely N-dealkylation sites (N-methyl/N-ethyl adjacent to an activating group) is 1. The van der Waals surface area contributed by atoms with Gasteiger partial charge in [-0.2, -0.15) is 0 Å². The van der Waals surface area contributed by atoms with Gasteiger partial charge in [0.2, 0.25) is 5.91 Å². The first-order valence-corrected chi connectivity index (χ1v) is 12.1. The van der Waals surface area contributed by atoms with Crippen molar-refractivity contribution < 1.29 is 9.59 Å². The van der Waals surface area contributed by atoms with Gasteiger partial charge in [0.1, 0.15) is 0 Å². The number of nitrogens with one attached hydrogen (secondary N) is 1. The molecule has 0 spiro atoms. The van der Waals surface area contributed by atoms with Gasteiger partial charge in [-0.3, -0.25) is 14.6 Å². The van der Waals surface area contributed by atoms with Crippen LogP contribution in [0.5, 0.6) is 0 Å². The van der Waals surface area contributed by atoms with Crippen molar-refractivity contribution in [3.8, 4) is 0 Å². The van der Waals surface area contributed by atoms with E-state index in [1.807, 2.05) is 35.0 Å². The van der Waals surface area contributed by atoms with Crippen molar-refractivity contribution in [2.24, 2.45) is 0 Å². The van der Waals surface area contributed by atoms with Gasteiger partial charge in [0, 0.05) is 32.4 Å². The van der Waals surface area contributed by atoms with Crippen LogP contribution in [0, 0.1) is 6.57 Å². The fourth-order valence-electron chi connectivity index (χ4n) is 4.22. The van der Waals surface area contributed by atoms with Gasteiger partial charge in [0.05, 0.1) is 19.7 Å². The van der Waals surface area contributed by atoms with E-state index in [1.54, 1.807) is 24.2 Å². The van der Waals surface area contributed by atoms with Crippen LogP contribution in [0.3, 0.4) is 0 Å². The summed E-state index contributed by atoms with van der Waals surface area (Å²) in [5, 5.41) is 6.66. The van der Waals surface area contributed by atoms with Crippen molar-refractivity contribution in [1.82, 2.24) is 15.3 Å². The molecule has 1 heterocycles. The summed E-state index contributed by atoms with van der Waals surface area (Å²) in [5.41, 5.74) is 4.73. The molecule has 0 aliphatic carbocycles. The average molecular weight is 462 g/mol. The molecule has 2 aromatic rings. The van der Waals surface area contributed by atoms with E-state index in [-0.39, 0.29) is 24.9 Å². The lowest BCUT2D eigenvalue weighted by molar-refractivity contribution is -0.145. The third kappa shape index (κ3) is 6.36. The molecule has 0 fully saturated rings. The van der Waals surface area contributed by atoms with E-state index in [0.29, 0.717) is 25.3 Å². The minimum Gasteiger partial charge on any atom is -0.355 e. The summed E-state index contributed by atoms with van der Waals surface area (Å²) in [5.74, 6) is -0.211. The Balaban J connectivity index is 1.76. The molecule has 7 nitrogen and oxygen atoms in total. The van der Waals surface area contributed by atoms with E-state index < -0.39 is 0 Å². The maximum Gasteiger partial charge on any atom is 0.256 e. The van der Waals surface area contributed by atoms with Gasteiger partial charge in [0.25, 0.3) is 5.91 Å². The average Bonchev–Trinajstić information content (AvgIpc) is 3.29. The monoisotopic (exact) mass is 461 g/mol. The van der Waals surface area contributed by atoms with Crippen molar-refractivity contribution in [1.29, 1.82) is 0 Å². The molecule has 0 bridgehead atoms. The Labute approximate surface area is 203 Å². The molecule has 2 amide bonds. The first kappa shape index (κ1) is 25.3. The zero-order valence-corrected chi connectivity index (χ0v) is 20.5. The second-order valence-electron chi connectivity index (χ2n) is 8.70. The normalized spacial score (nSPS) is 12.6. The number of hydrazine groups is 1. The number of rotatable bonds is 11. The van der Waals surface area contributed by atoms with E-state index in [4.69, 9.17) is 6.57 Å². The van der Waals surface area contributed by atoms with Crippen LogP contribution in [0.25, 0.3) is 4.85 Å². The fraction of sp³-hybridized carbons (Fsp3) is 0.444. The molecule has 0 saturated carbocycles. The van der Waals surface area contributed by atoms with Gasteiger partial charge >= 0.3 is 0 Å². The Morgan fingerprint density at radius 3 is 2.38 bits per heavy atom. The summed E-state index contributed by atoms with van der Waals surface area (Å²) in [6.07, 6.45) is 3.84. The standard InChI is InChI=1S/C27H35N5O2/c1-5-7-10-15-29-26(33)19-31(25-16-24(28-3)14-13-21(25)6-2)20-27(34)30(4)32-17-22-11-8-9-12-23(22)18-32/h8-9,11-14,16H,5-7,10,15,17-20H2,1-2,4H3,(H,29,33). The van der Waals surface area contributed by atoms with E-state index >= 15 is 0 Å². The van der Waals surface area contributed by atoms with Crippen molar-refractivity contribution in [2.75, 3.05) is 31.6 Å². The Morgan fingerprint density at radius 1 is 1.06 bits per heavy atom. The quantitative estimate of drug-likeness (QED) is 0.400. The number of carbonyl (C=O) groups excluding carboxylic acids is 2. The molecule has 3 rings (SSSR count). The van der Waals surface area contributed by atoms with Gasteiger partial charge in [-0.05, 0) is 35.6 Å². The number of amides is 2. The molecule has 7 heteroatoms. The molecular formula is C27H35N5O2. The number of nitrogens with zero attached hydrogens (tertiary/aromatic N) is 4. The zero-order chi connectivity index (χ0) is 24.5. The largest absolute Gasteiger partial charge is 0.355 e. The van der Waals surface area contributed by atoms with E-state index in [1.165, 1.54) is 11.1 Å². The summed E-state index contributed by atoms with van der Waals surface area (Å²) in [6, 6.07) is 13.7. The molecule has 1 N–H and O–H groups in total. The number of aryl methyl sites for hydroxylation is 1. The van der Waals surface area contributed by atoms with Crippen LogP contribution in [0.4, 0.5) is 11.4 Å². The number of fused-ring (bicyclic) bond motifs is 1. The van der Waals surface area contributed by atoms with Gasteiger partial charge in [0.15, 0.2) is 5.69 Å². The van der Waals surface area contributed by atoms with Crippen molar-refractivity contribution in [3.63, 3.8) is 0 Å². The Bertz CT molecular complexity index is 1020. The predicted octanol–water partition coefficient (Wildman–Crippen LogP) is 4.30. The molecule has 0 unspecified atom stereocenters. The van der Waals surface area contributed by atoms with Crippen molar-refractivity contribution >= 4 is 23.2 Å². The SMILES string of the molecule is [C-]#[N+]c1ccc(CC)c(N(CC(=O)NCCCCC)CC(=O)N(C)N2Cc3ccccc3C2)c1. The van der Waals surface area contributed by atoms with Crippen LogP contribution in [-0.2, 0) is 29.1 Å². The molecule has 2 aromatic carbocycles. The molecule has 0 saturated heterocycles. The van der Waals surface area contributed by atoms with Gasteiger partial charge in [-0.25, -0.2) is 9.85 Å². The topological polar surface area (TPSA) is 60.3 Å². The second kappa shape index (κ2) is 12.2. The lowest BCUT2D eigenvalue weighted by Gasteiger charge is -2.32. The Morgan fingerprint density at radius 2 is 1.76 bits per heavy atom. The third-order valence-corrected chi connectivity index (χ3v) is 6.29. The summed E-state index contributed by atoms with van der Waals surface area (Å²) in [7, 11) is 1.79. The van der Waals surface area contributed by atoms with Crippen molar-refractivity contribution in [2.45, 2.75) is 52.6 Å². The fourth-order valence-corrected chi connectivity index (χ4v) is 4.22. The molecule has 0 atom stereocenters. The van der Waals surface area contributed by atoms with Crippen LogP contribution in [0.15, 0.2) is 42.5 Å². The number of anilines is 1. The highest BCUT2D eigenvalue weighted by Gasteiger charge is 2.27. The molecular weight excluding hydrogens is 426 g/mol. The van der Waals surface area contributed by atoms with E-state index in [0.717, 1.165) is 36.9 Å². The zero-order valence-electron chi connectivity index (χ0n) is 20.5. The highest BCUT2D eigenvalue weighted by Crippen LogP contribution is 2.28. The number of unbranched alkanes of at least 4 members (excludes halogenated alkanes) is 2. The Hall–Kier alpha value is -3.37. The number of carbonyl (C=O) groups is 2. The molecule has 1 aliphatic heterocycles. The molecule has 180 valence electrons. The van der Waals surface area contributed by atoms with Crippen LogP contribution in [-0.4, -0.2) is 48.5 Å². The highest BCUT2D eigenvalue weighted by atomic mass is 16.2. The summed E-state index contributed by atoms with van der Waals surface area (Å²) in [6.45, 7) is 13.7. The minimum absolute atomic E-state index is 0.0557. The Kier molecular flexibility index (Phi) is 9.06. The summed E-state index contributed by atoms with van der Waals surface area (Å²) >= 11 is 0. The lowest BCUT2D eigenvalue weighted by Crippen LogP contribution is -2.48. The van der Waals surface area contributed by atoms with E-state index in [9.17, 15) is 9.59 Å². The number of hydrogen-bond donors (Lipinski definition) is 1. The molecule has 0 radical (unpaired) electrons. The maximum absolute atomic E-state index is 13.4. The maximum atomic E-state index is 13.4. The summed E-state index contributed by atoms with van der Waals surface area (Å²) in [4.78, 5) is 31.5. The van der Waals surface area contributed by atoms with Gasteiger partial charge in [-0.1, -0.05) is 63.1 Å². The highest BCUT2D eigenvalue weighted by molar-refractivity contribution is 5.87. The first-order chi connectivity index (χ1) is 16.5. The van der Waals surface area contributed by atoms with Crippen LogP contribution < -0.4 is 10.2 Å². The van der Waals surface area contributed by atoms with Crippen molar-refractivity contribution in [3.05, 3.63) is 70.6 Å². The van der Waals surface area contributed by atoms with Crippen LogP contribution in [0.1, 0.15) is 49.8 Å². The number of hydrogen-bond acceptors (Lipinski definition) is 4. The second-order valence-corrected chi connectivity index (χ2v) is 8.70. The molecule has 34 heavy (non-hydrogen) atoms. The summed E-state index contributed by atoms with van der Waals surface area (Å²) < 4.78 is 0. The molecule has 0 aromatic heterocycles. The molecule has 1 aliphatic rings. The third-order valence-electron chi connectivity index (χ3n) is 6.29. The number of benzene rings is 2. The van der Waals surface area contributed by atoms with Crippen LogP contribution >= 0.6 is 0 Å².